The summed E-state index contributed by atoms with van der Waals surface area (Å²) in [5, 5.41) is 120. The molecular weight excluding hydrogens is 840 g/mol. The summed E-state index contributed by atoms with van der Waals surface area (Å²) in [6.07, 6.45) is -23.7. The van der Waals surface area contributed by atoms with Gasteiger partial charge in [-0.25, -0.2) is 0 Å². The molecule has 4 aliphatic heterocycles. The van der Waals surface area contributed by atoms with E-state index in [4.69, 9.17) is 47.4 Å². The minimum atomic E-state index is -1.76. The third-order valence-electron chi connectivity index (χ3n) is 10.5. The Morgan fingerprint density at radius 3 is 1.31 bits per heavy atom. The summed E-state index contributed by atoms with van der Waals surface area (Å²) in [6, 6.07) is -2.42. The first-order valence-electron chi connectivity index (χ1n) is 20.3. The molecule has 0 spiro atoms. The quantitative estimate of drug-likeness (QED) is 0.0335. The lowest BCUT2D eigenvalue weighted by Crippen LogP contribution is -2.65. The van der Waals surface area contributed by atoms with E-state index in [0.717, 1.165) is 0 Å². The Bertz CT molecular complexity index is 1350. The highest BCUT2D eigenvalue weighted by molar-refractivity contribution is 5.73. The van der Waals surface area contributed by atoms with Crippen molar-refractivity contribution in [2.24, 2.45) is 0 Å². The van der Waals surface area contributed by atoms with E-state index in [1.807, 2.05) is 0 Å². The molecule has 2 amide bonds. The summed E-state index contributed by atoms with van der Waals surface area (Å²) in [5.41, 5.74) is 0. The van der Waals surface area contributed by atoms with Gasteiger partial charge in [-0.2, -0.15) is 0 Å². The van der Waals surface area contributed by atoms with Gasteiger partial charge in [-0.15, -0.1) is 6.58 Å². The lowest BCUT2D eigenvalue weighted by Gasteiger charge is -2.44. The fourth-order valence-electron chi connectivity index (χ4n) is 7.31. The highest BCUT2D eigenvalue weighted by atomic mass is 16.7. The standard InChI is InChI=1S/C37H64N2O23/c1-4-7-55-36-30(51)28(49)32(19(13-41)60-36)53-9-6-11-57-35-23(39-17(3)44)27(48)25(46)21(62-35)15-58-37-31(52)29(50)33(20(14-42)61-37)54-8-5-10-56-34-22(38-16(2)43)26(47)24(45)18(12-40)59-34/h4,18-37,40-42,45-52H,1,5-15H2,2-3H3,(H,38,43)(H,39,44)/t18-,19-,20-,21-,22-,23-,24-,25-,26-,27-,28-,29-,30-,31-,32-,33-,34-,35-,36+,37-/m1/s1. The summed E-state index contributed by atoms with van der Waals surface area (Å²) in [6.45, 7) is 3.05. The molecular formula is C37H64N2O23. The number of aliphatic hydroxyl groups excluding tert-OH is 11. The van der Waals surface area contributed by atoms with E-state index in [9.17, 15) is 65.8 Å². The van der Waals surface area contributed by atoms with Crippen molar-refractivity contribution in [2.75, 3.05) is 59.5 Å². The van der Waals surface area contributed by atoms with Crippen LogP contribution in [0.4, 0.5) is 0 Å². The molecule has 0 aromatic carbocycles. The summed E-state index contributed by atoms with van der Waals surface area (Å²) < 4.78 is 56.4. The van der Waals surface area contributed by atoms with Crippen molar-refractivity contribution in [3.8, 4) is 0 Å². The van der Waals surface area contributed by atoms with Gasteiger partial charge in [0.15, 0.2) is 25.2 Å². The minimum absolute atomic E-state index is 0.0236. The van der Waals surface area contributed by atoms with Gasteiger partial charge in [0.05, 0.1) is 46.2 Å². The fraction of sp³-hybridized carbons (Fsp3) is 0.892. The van der Waals surface area contributed by atoms with Gasteiger partial charge in [-0.05, 0) is 12.8 Å². The summed E-state index contributed by atoms with van der Waals surface area (Å²) >= 11 is 0. The first-order valence-corrected chi connectivity index (χ1v) is 20.3. The summed E-state index contributed by atoms with van der Waals surface area (Å²) in [4.78, 5) is 23.6. The molecule has 4 fully saturated rings. The lowest BCUT2D eigenvalue weighted by molar-refractivity contribution is -0.325. The van der Waals surface area contributed by atoms with Crippen molar-refractivity contribution in [1.29, 1.82) is 0 Å². The maximum Gasteiger partial charge on any atom is 0.217 e. The second kappa shape index (κ2) is 25.5. The maximum atomic E-state index is 12.0. The van der Waals surface area contributed by atoms with E-state index >= 15 is 0 Å². The minimum Gasteiger partial charge on any atom is -0.394 e. The number of nitrogens with one attached hydrogen (secondary N) is 2. The molecule has 4 heterocycles. The molecule has 0 aliphatic carbocycles. The smallest absolute Gasteiger partial charge is 0.217 e. The Balaban J connectivity index is 1.26. The Morgan fingerprint density at radius 1 is 0.500 bits per heavy atom. The van der Waals surface area contributed by atoms with Crippen molar-refractivity contribution in [3.05, 3.63) is 12.7 Å². The van der Waals surface area contributed by atoms with Gasteiger partial charge in [-0.1, -0.05) is 6.08 Å². The second-order valence-electron chi connectivity index (χ2n) is 15.2. The zero-order valence-corrected chi connectivity index (χ0v) is 34.4. The van der Waals surface area contributed by atoms with E-state index < -0.39 is 161 Å². The molecule has 20 atom stereocenters. The number of hydrogen-bond donors (Lipinski definition) is 13. The zero-order valence-electron chi connectivity index (χ0n) is 34.4. The Morgan fingerprint density at radius 2 is 0.887 bits per heavy atom. The number of carbonyl (C=O) groups excluding carboxylic acids is 2. The molecule has 4 saturated heterocycles. The average Bonchev–Trinajstić information content (AvgIpc) is 3.24. The van der Waals surface area contributed by atoms with Crippen LogP contribution in [0.15, 0.2) is 12.7 Å². The average molecular weight is 905 g/mol. The third-order valence-corrected chi connectivity index (χ3v) is 10.5. The van der Waals surface area contributed by atoms with Crippen molar-refractivity contribution >= 4 is 11.8 Å². The van der Waals surface area contributed by atoms with Gasteiger partial charge >= 0.3 is 0 Å². The molecule has 4 aliphatic rings. The lowest BCUT2D eigenvalue weighted by atomic mass is 9.96. The molecule has 0 aromatic rings. The van der Waals surface area contributed by atoms with Crippen LogP contribution in [0.3, 0.4) is 0 Å². The number of amides is 2. The number of hydrogen-bond acceptors (Lipinski definition) is 23. The van der Waals surface area contributed by atoms with Crippen LogP contribution in [0.25, 0.3) is 0 Å². The number of carbonyl (C=O) groups is 2. The van der Waals surface area contributed by atoms with Crippen LogP contribution in [0.2, 0.25) is 0 Å². The van der Waals surface area contributed by atoms with E-state index in [1.54, 1.807) is 0 Å². The van der Waals surface area contributed by atoms with E-state index in [0.29, 0.717) is 0 Å². The maximum absolute atomic E-state index is 12.0. The Labute approximate surface area is 356 Å². The number of ether oxygens (including phenoxy) is 10. The molecule has 0 saturated carbocycles. The number of rotatable bonds is 23. The molecule has 360 valence electrons. The third kappa shape index (κ3) is 13.7. The number of aliphatic hydroxyl groups is 11. The summed E-state index contributed by atoms with van der Waals surface area (Å²) in [7, 11) is 0. The van der Waals surface area contributed by atoms with Crippen LogP contribution in [0, 0.1) is 0 Å². The molecule has 25 nitrogen and oxygen atoms in total. The highest BCUT2D eigenvalue weighted by Gasteiger charge is 2.50. The van der Waals surface area contributed by atoms with Gasteiger partial charge in [0.1, 0.15) is 97.5 Å². The SMILES string of the molecule is C=CCO[C@H]1O[C@H](CO)[C@@H](OCCCO[C@@H]2O[C@H](CO[C@@H]3O[C@H](CO)[C@@H](OCCCO[C@@H]4O[C@H](CO)[C@@H](O)[C@H](O)[C@H]4NC(C)=O)[C@H](O)[C@H]3O)[C@@H](O)[C@H](O)[C@H]2NC(C)=O)[C@H](O)[C@H]1O. The normalized spacial score (nSPS) is 41.4. The Kier molecular flexibility index (Phi) is 21.6. The van der Waals surface area contributed by atoms with Crippen molar-refractivity contribution < 1.29 is 113 Å². The fourth-order valence-corrected chi connectivity index (χ4v) is 7.31. The van der Waals surface area contributed by atoms with Crippen LogP contribution in [0.1, 0.15) is 26.7 Å². The largest absolute Gasteiger partial charge is 0.394 e. The van der Waals surface area contributed by atoms with Gasteiger partial charge < -0.3 is 114 Å². The van der Waals surface area contributed by atoms with Gasteiger partial charge in [0.2, 0.25) is 11.8 Å². The van der Waals surface area contributed by atoms with E-state index in [-0.39, 0.29) is 45.9 Å². The van der Waals surface area contributed by atoms with Gasteiger partial charge in [-0.3, -0.25) is 9.59 Å². The van der Waals surface area contributed by atoms with Crippen molar-refractivity contribution in [3.63, 3.8) is 0 Å². The van der Waals surface area contributed by atoms with Crippen LogP contribution >= 0.6 is 0 Å². The molecule has 62 heavy (non-hydrogen) atoms. The first-order chi connectivity index (χ1) is 29.6. The molecule has 0 aromatic heterocycles. The monoisotopic (exact) mass is 904 g/mol. The molecule has 13 N–H and O–H groups in total. The van der Waals surface area contributed by atoms with Crippen LogP contribution in [-0.2, 0) is 57.0 Å². The molecule has 0 radical (unpaired) electrons. The molecule has 0 bridgehead atoms. The molecule has 4 rings (SSSR count). The topological polar surface area (TPSA) is 373 Å². The predicted molar refractivity (Wildman–Crippen MR) is 202 cm³/mol. The van der Waals surface area contributed by atoms with Crippen molar-refractivity contribution in [1.82, 2.24) is 10.6 Å². The highest BCUT2D eigenvalue weighted by Crippen LogP contribution is 2.29. The summed E-state index contributed by atoms with van der Waals surface area (Å²) in [5.74, 6) is -1.11. The van der Waals surface area contributed by atoms with Crippen LogP contribution in [-0.4, -0.2) is 250 Å². The Hall–Kier alpha value is -2.16. The van der Waals surface area contributed by atoms with Crippen LogP contribution < -0.4 is 10.6 Å². The molecule has 25 heteroatoms. The van der Waals surface area contributed by atoms with Crippen LogP contribution in [0.5, 0.6) is 0 Å². The predicted octanol–water partition coefficient (Wildman–Crippen LogP) is -7.44. The van der Waals surface area contributed by atoms with E-state index in [2.05, 4.69) is 17.2 Å². The van der Waals surface area contributed by atoms with Gasteiger partial charge in [0.25, 0.3) is 0 Å². The van der Waals surface area contributed by atoms with E-state index in [1.165, 1.54) is 19.9 Å². The first kappa shape index (κ1) is 52.5. The van der Waals surface area contributed by atoms with Gasteiger partial charge in [0, 0.05) is 27.1 Å². The molecule has 0 unspecified atom stereocenters. The zero-order chi connectivity index (χ0) is 45.7. The van der Waals surface area contributed by atoms with Crippen molar-refractivity contribution in [2.45, 2.75) is 149 Å². The second-order valence-corrected chi connectivity index (χ2v) is 15.2.